The Morgan fingerprint density at radius 2 is 1.53 bits per heavy atom. The van der Waals surface area contributed by atoms with Gasteiger partial charge in [0.05, 0.1) is 24.5 Å². The molecule has 0 aliphatic heterocycles. The lowest BCUT2D eigenvalue weighted by Gasteiger charge is -2.57. The second-order valence-electron chi connectivity index (χ2n) is 10.6. The third kappa shape index (κ3) is 4.63. The van der Waals surface area contributed by atoms with Gasteiger partial charge in [-0.25, -0.2) is 13.1 Å². The number of hydrogen-bond donors (Lipinski definition) is 2. The van der Waals surface area contributed by atoms with Crippen molar-refractivity contribution in [3.8, 4) is 0 Å². The van der Waals surface area contributed by atoms with Crippen molar-refractivity contribution in [2.24, 2.45) is 17.8 Å². The van der Waals surface area contributed by atoms with Gasteiger partial charge < -0.3 is 4.90 Å². The monoisotopic (exact) mass is 433 g/mol. The molecular weight excluding hydrogens is 392 g/mol. The maximum absolute atomic E-state index is 12.9. The highest BCUT2D eigenvalue weighted by molar-refractivity contribution is 7.89. The molecule has 1 aromatic carbocycles. The van der Waals surface area contributed by atoms with Crippen LogP contribution in [0.2, 0.25) is 0 Å². The maximum atomic E-state index is 12.9. The van der Waals surface area contributed by atoms with Crippen molar-refractivity contribution >= 4 is 10.0 Å². The van der Waals surface area contributed by atoms with Crippen molar-refractivity contribution in [3.05, 3.63) is 29.8 Å². The van der Waals surface area contributed by atoms with Crippen LogP contribution >= 0.6 is 0 Å². The molecule has 0 amide bonds. The van der Waals surface area contributed by atoms with Gasteiger partial charge in [-0.1, -0.05) is 12.1 Å². The number of hydrogen-bond acceptors (Lipinski definition) is 2. The average molecular weight is 434 g/mol. The molecule has 0 saturated heterocycles. The number of nitrogens with one attached hydrogen (secondary N) is 2. The highest BCUT2D eigenvalue weighted by Gasteiger charge is 2.51. The minimum absolute atomic E-state index is 0.0345. The second-order valence-corrected chi connectivity index (χ2v) is 12.3. The standard InChI is InChI=1S/C25H40N2O2S/c1-4-27(5-2)12-6-7-19(3)26-30(28,29)24-10-8-23(9-11-24)25-16-20-13-21(17-25)15-22(14-20)18-25/h8-11,19-22,26H,4-7,12-18H2,1-3H3/p+1/t19-,20?,21?,22?,25?/m0/s1. The summed E-state index contributed by atoms with van der Waals surface area (Å²) in [5.41, 5.74) is 1.71. The lowest BCUT2D eigenvalue weighted by molar-refractivity contribution is -0.896. The van der Waals surface area contributed by atoms with Crippen LogP contribution in [0.4, 0.5) is 0 Å². The topological polar surface area (TPSA) is 50.6 Å². The first kappa shape index (κ1) is 22.3. The summed E-state index contributed by atoms with van der Waals surface area (Å²) in [6.07, 6.45) is 10.2. The molecule has 1 aromatic rings. The van der Waals surface area contributed by atoms with Crippen LogP contribution in [0.3, 0.4) is 0 Å². The molecule has 4 fully saturated rings. The van der Waals surface area contributed by atoms with Gasteiger partial charge in [0.25, 0.3) is 0 Å². The van der Waals surface area contributed by atoms with Crippen LogP contribution in [0.15, 0.2) is 29.2 Å². The minimum atomic E-state index is -3.45. The van der Waals surface area contributed by atoms with Crippen molar-refractivity contribution in [3.63, 3.8) is 0 Å². The first-order chi connectivity index (χ1) is 14.3. The molecule has 4 nitrogen and oxygen atoms in total. The highest BCUT2D eigenvalue weighted by atomic mass is 32.2. The first-order valence-corrected chi connectivity index (χ1v) is 13.8. The SMILES string of the molecule is CC[NH+](CC)CCC[C@H](C)NS(=O)(=O)c1ccc(C23CC4CC(CC(C4)C2)C3)cc1. The second kappa shape index (κ2) is 8.91. The Labute approximate surface area is 183 Å². The van der Waals surface area contributed by atoms with E-state index < -0.39 is 10.0 Å². The van der Waals surface area contributed by atoms with Crippen molar-refractivity contribution in [2.75, 3.05) is 19.6 Å². The average Bonchev–Trinajstić information content (AvgIpc) is 2.70. The van der Waals surface area contributed by atoms with Crippen LogP contribution in [-0.4, -0.2) is 34.1 Å². The molecule has 0 spiro atoms. The lowest BCUT2D eigenvalue weighted by atomic mass is 9.48. The fourth-order valence-corrected chi connectivity index (χ4v) is 8.38. The number of quaternary nitrogens is 1. The smallest absolute Gasteiger partial charge is 0.240 e. The van der Waals surface area contributed by atoms with E-state index in [0.29, 0.717) is 10.3 Å². The summed E-state index contributed by atoms with van der Waals surface area (Å²) in [5, 5.41) is 0. The summed E-state index contributed by atoms with van der Waals surface area (Å²) in [7, 11) is -3.45. The van der Waals surface area contributed by atoms with Crippen LogP contribution in [0.5, 0.6) is 0 Å². The molecular formula is C25H41N2O2S+. The zero-order chi connectivity index (χ0) is 21.4. The Morgan fingerprint density at radius 1 is 1.00 bits per heavy atom. The summed E-state index contributed by atoms with van der Waals surface area (Å²) in [5.74, 6) is 2.71. The van der Waals surface area contributed by atoms with Crippen LogP contribution in [-0.2, 0) is 15.4 Å². The van der Waals surface area contributed by atoms with E-state index in [4.69, 9.17) is 0 Å². The number of sulfonamides is 1. The lowest BCUT2D eigenvalue weighted by Crippen LogP contribution is -3.11. The first-order valence-electron chi connectivity index (χ1n) is 12.3. The van der Waals surface area contributed by atoms with Gasteiger partial charge in [-0.3, -0.25) is 0 Å². The fraction of sp³-hybridized carbons (Fsp3) is 0.760. The van der Waals surface area contributed by atoms with Crippen LogP contribution in [0, 0.1) is 17.8 Å². The largest absolute Gasteiger partial charge is 0.335 e. The molecule has 0 radical (unpaired) electrons. The van der Waals surface area contributed by atoms with E-state index in [0.717, 1.165) is 50.2 Å². The third-order valence-electron chi connectivity index (χ3n) is 8.34. The predicted molar refractivity (Wildman–Crippen MR) is 122 cm³/mol. The van der Waals surface area contributed by atoms with Crippen LogP contribution in [0.25, 0.3) is 0 Å². The summed E-state index contributed by atoms with van der Waals surface area (Å²) in [4.78, 5) is 1.99. The Bertz CT molecular complexity index is 779. The van der Waals surface area contributed by atoms with E-state index in [1.54, 1.807) is 4.90 Å². The van der Waals surface area contributed by atoms with Gasteiger partial charge in [0, 0.05) is 6.04 Å². The van der Waals surface area contributed by atoms with Crippen molar-refractivity contribution in [1.82, 2.24) is 4.72 Å². The number of benzene rings is 1. The molecule has 30 heavy (non-hydrogen) atoms. The minimum Gasteiger partial charge on any atom is -0.335 e. The molecule has 4 aliphatic carbocycles. The van der Waals surface area contributed by atoms with Crippen LogP contribution < -0.4 is 9.62 Å². The zero-order valence-corrected chi connectivity index (χ0v) is 19.9. The molecule has 168 valence electrons. The zero-order valence-electron chi connectivity index (χ0n) is 19.1. The van der Waals surface area contributed by atoms with Gasteiger partial charge in [0.1, 0.15) is 0 Å². The quantitative estimate of drug-likeness (QED) is 0.593. The molecule has 0 unspecified atom stereocenters. The van der Waals surface area contributed by atoms with Crippen molar-refractivity contribution < 1.29 is 13.3 Å². The Kier molecular flexibility index (Phi) is 6.62. The number of rotatable bonds is 10. The Hall–Kier alpha value is -0.910. The predicted octanol–water partition coefficient (Wildman–Crippen LogP) is 3.53. The van der Waals surface area contributed by atoms with Gasteiger partial charge >= 0.3 is 0 Å². The third-order valence-corrected chi connectivity index (χ3v) is 9.94. The molecule has 1 atom stereocenters. The molecule has 0 aromatic heterocycles. The highest BCUT2D eigenvalue weighted by Crippen LogP contribution is 2.60. The van der Waals surface area contributed by atoms with Gasteiger partial charge in [-0.05, 0) is 113 Å². The van der Waals surface area contributed by atoms with E-state index in [2.05, 4.69) is 30.7 Å². The molecule has 4 bridgehead atoms. The maximum Gasteiger partial charge on any atom is 0.240 e. The molecule has 2 N–H and O–H groups in total. The molecule has 0 heterocycles. The summed E-state index contributed by atoms with van der Waals surface area (Å²) >= 11 is 0. The van der Waals surface area contributed by atoms with Gasteiger partial charge in [0.2, 0.25) is 10.0 Å². The van der Waals surface area contributed by atoms with E-state index in [1.807, 2.05) is 19.1 Å². The fourth-order valence-electron chi connectivity index (χ4n) is 7.11. The van der Waals surface area contributed by atoms with E-state index in [-0.39, 0.29) is 6.04 Å². The Balaban J connectivity index is 1.37. The normalized spacial score (nSPS) is 31.4. The van der Waals surface area contributed by atoms with Gasteiger partial charge in [-0.15, -0.1) is 0 Å². The van der Waals surface area contributed by atoms with Crippen molar-refractivity contribution in [2.45, 2.75) is 88.5 Å². The summed E-state index contributed by atoms with van der Waals surface area (Å²) in [6.45, 7) is 9.77. The summed E-state index contributed by atoms with van der Waals surface area (Å²) < 4.78 is 28.7. The molecule has 5 heteroatoms. The van der Waals surface area contributed by atoms with Crippen molar-refractivity contribution in [1.29, 1.82) is 0 Å². The molecule has 5 rings (SSSR count). The van der Waals surface area contributed by atoms with E-state index in [9.17, 15) is 8.42 Å². The van der Waals surface area contributed by atoms with Gasteiger partial charge in [-0.2, -0.15) is 0 Å². The van der Waals surface area contributed by atoms with E-state index in [1.165, 1.54) is 44.1 Å². The Morgan fingerprint density at radius 3 is 2.03 bits per heavy atom. The molecule has 4 saturated carbocycles. The van der Waals surface area contributed by atoms with E-state index >= 15 is 0 Å². The summed E-state index contributed by atoms with van der Waals surface area (Å²) in [6, 6.07) is 7.91. The van der Waals surface area contributed by atoms with Crippen LogP contribution in [0.1, 0.15) is 77.7 Å². The molecule has 4 aliphatic rings. The van der Waals surface area contributed by atoms with Gasteiger partial charge in [0.15, 0.2) is 0 Å².